The molecule has 0 heterocycles. The Kier molecular flexibility index (Phi) is 3.37. The molecule has 0 bridgehead atoms. The summed E-state index contributed by atoms with van der Waals surface area (Å²) in [5.74, 6) is 3.70. The SMILES string of the molecule is CC[C@H]1CC[C@H]2[C@@H]3CC(=O)C4=CCCC[C@]4(C)[C@H]3CC[C@]12C. The molecule has 0 radical (unpaired) electrons. The molecule has 0 spiro atoms. The molecule has 3 saturated carbocycles. The fourth-order valence-corrected chi connectivity index (χ4v) is 7.37. The normalized spacial score (nSPS) is 50.9. The highest BCUT2D eigenvalue weighted by Crippen LogP contribution is 2.66. The van der Waals surface area contributed by atoms with Crippen LogP contribution in [-0.4, -0.2) is 5.78 Å². The zero-order valence-corrected chi connectivity index (χ0v) is 14.7. The molecule has 0 aromatic carbocycles. The number of carbonyl (C=O) groups excluding carboxylic acids is 1. The average molecular weight is 300 g/mol. The lowest BCUT2D eigenvalue weighted by Crippen LogP contribution is -2.52. The van der Waals surface area contributed by atoms with Crippen LogP contribution in [0.2, 0.25) is 0 Å². The first kappa shape index (κ1) is 15.0. The van der Waals surface area contributed by atoms with Crippen LogP contribution in [0.1, 0.15) is 78.6 Å². The van der Waals surface area contributed by atoms with E-state index in [4.69, 9.17) is 0 Å². The zero-order valence-electron chi connectivity index (χ0n) is 14.7. The van der Waals surface area contributed by atoms with Crippen molar-refractivity contribution in [3.63, 3.8) is 0 Å². The van der Waals surface area contributed by atoms with Gasteiger partial charge in [0.25, 0.3) is 0 Å². The van der Waals surface area contributed by atoms with E-state index in [-0.39, 0.29) is 5.41 Å². The lowest BCUT2D eigenvalue weighted by Gasteiger charge is -2.57. The smallest absolute Gasteiger partial charge is 0.159 e. The van der Waals surface area contributed by atoms with Gasteiger partial charge in [0.05, 0.1) is 0 Å². The Morgan fingerprint density at radius 3 is 2.73 bits per heavy atom. The van der Waals surface area contributed by atoms with Crippen LogP contribution in [0.25, 0.3) is 0 Å². The minimum absolute atomic E-state index is 0.212. The Morgan fingerprint density at radius 2 is 1.95 bits per heavy atom. The summed E-state index contributed by atoms with van der Waals surface area (Å²) < 4.78 is 0. The molecular weight excluding hydrogens is 268 g/mol. The van der Waals surface area contributed by atoms with E-state index in [0.717, 1.165) is 30.6 Å². The summed E-state index contributed by atoms with van der Waals surface area (Å²) in [6, 6.07) is 0. The van der Waals surface area contributed by atoms with E-state index in [1.165, 1.54) is 50.5 Å². The van der Waals surface area contributed by atoms with E-state index in [9.17, 15) is 4.79 Å². The van der Waals surface area contributed by atoms with Crippen LogP contribution in [0.15, 0.2) is 11.6 Å². The molecule has 3 fully saturated rings. The number of fused-ring (bicyclic) bond motifs is 5. The van der Waals surface area contributed by atoms with Gasteiger partial charge in [0, 0.05) is 6.42 Å². The van der Waals surface area contributed by atoms with Crippen molar-refractivity contribution in [3.8, 4) is 0 Å². The van der Waals surface area contributed by atoms with Gasteiger partial charge in [-0.1, -0.05) is 33.3 Å². The lowest BCUT2D eigenvalue weighted by molar-refractivity contribution is -0.128. The third-order valence-corrected chi connectivity index (χ3v) is 8.53. The summed E-state index contributed by atoms with van der Waals surface area (Å²) in [6.07, 6.45) is 13.8. The highest BCUT2D eigenvalue weighted by atomic mass is 16.1. The number of hydrogen-bond acceptors (Lipinski definition) is 1. The van der Waals surface area contributed by atoms with Crippen molar-refractivity contribution in [2.45, 2.75) is 78.6 Å². The molecule has 122 valence electrons. The third-order valence-electron chi connectivity index (χ3n) is 8.53. The molecule has 0 aliphatic heterocycles. The second-order valence-corrected chi connectivity index (χ2v) is 9.16. The fourth-order valence-electron chi connectivity index (χ4n) is 7.37. The van der Waals surface area contributed by atoms with Crippen LogP contribution in [0.4, 0.5) is 0 Å². The largest absolute Gasteiger partial charge is 0.295 e. The van der Waals surface area contributed by atoms with Gasteiger partial charge in [-0.3, -0.25) is 4.79 Å². The molecule has 0 amide bonds. The number of carbonyl (C=O) groups is 1. The summed E-state index contributed by atoms with van der Waals surface area (Å²) >= 11 is 0. The van der Waals surface area contributed by atoms with Crippen molar-refractivity contribution in [2.24, 2.45) is 34.5 Å². The molecule has 6 atom stereocenters. The van der Waals surface area contributed by atoms with Crippen molar-refractivity contribution >= 4 is 5.78 Å². The summed E-state index contributed by atoms with van der Waals surface area (Å²) in [5, 5.41) is 0. The highest BCUT2D eigenvalue weighted by molar-refractivity contribution is 5.98. The van der Waals surface area contributed by atoms with Gasteiger partial charge in [0.2, 0.25) is 0 Å². The first-order chi connectivity index (χ1) is 10.5. The Bertz CT molecular complexity index is 518. The summed E-state index contributed by atoms with van der Waals surface area (Å²) in [6.45, 7) is 7.37. The van der Waals surface area contributed by atoms with Gasteiger partial charge in [0.1, 0.15) is 0 Å². The minimum atomic E-state index is 0.212. The standard InChI is InChI=1S/C21H32O/c1-4-14-8-9-16-15-13-19(22)18-7-5-6-11-21(18,3)17(15)10-12-20(14,16)2/h7,14-17H,4-6,8-13H2,1-3H3/t14-,15-,16-,17-,20+,21+/m0/s1. The van der Waals surface area contributed by atoms with Gasteiger partial charge in [-0.25, -0.2) is 0 Å². The fraction of sp³-hybridized carbons (Fsp3) is 0.857. The van der Waals surface area contributed by atoms with Crippen LogP contribution in [0, 0.1) is 34.5 Å². The molecular formula is C21H32O. The van der Waals surface area contributed by atoms with Crippen LogP contribution in [0.5, 0.6) is 0 Å². The number of hydrogen-bond donors (Lipinski definition) is 0. The maximum Gasteiger partial charge on any atom is 0.159 e. The highest BCUT2D eigenvalue weighted by Gasteiger charge is 2.59. The quantitative estimate of drug-likeness (QED) is 0.621. The minimum Gasteiger partial charge on any atom is -0.295 e. The third kappa shape index (κ3) is 1.80. The summed E-state index contributed by atoms with van der Waals surface area (Å²) in [5.41, 5.74) is 1.97. The molecule has 22 heavy (non-hydrogen) atoms. The topological polar surface area (TPSA) is 17.1 Å². The molecule has 1 heteroatoms. The van der Waals surface area contributed by atoms with Crippen molar-refractivity contribution in [2.75, 3.05) is 0 Å². The average Bonchev–Trinajstić information content (AvgIpc) is 2.84. The van der Waals surface area contributed by atoms with E-state index >= 15 is 0 Å². The monoisotopic (exact) mass is 300 g/mol. The molecule has 0 saturated heterocycles. The predicted octanol–water partition coefficient (Wildman–Crippen LogP) is 5.54. The van der Waals surface area contributed by atoms with Crippen LogP contribution in [0.3, 0.4) is 0 Å². The molecule has 1 nitrogen and oxygen atoms in total. The number of rotatable bonds is 1. The van der Waals surface area contributed by atoms with Gasteiger partial charge in [0.15, 0.2) is 5.78 Å². The summed E-state index contributed by atoms with van der Waals surface area (Å²) in [4.78, 5) is 12.9. The molecule has 0 N–H and O–H groups in total. The van der Waals surface area contributed by atoms with E-state index in [1.54, 1.807) is 0 Å². The molecule has 0 unspecified atom stereocenters. The van der Waals surface area contributed by atoms with E-state index < -0.39 is 0 Å². The van der Waals surface area contributed by atoms with Crippen molar-refractivity contribution < 1.29 is 4.79 Å². The summed E-state index contributed by atoms with van der Waals surface area (Å²) in [7, 11) is 0. The van der Waals surface area contributed by atoms with Crippen LogP contribution in [-0.2, 0) is 4.79 Å². The zero-order chi connectivity index (χ0) is 15.5. The first-order valence-corrected chi connectivity index (χ1v) is 9.74. The molecule has 0 aromatic rings. The maximum absolute atomic E-state index is 12.9. The van der Waals surface area contributed by atoms with Crippen LogP contribution < -0.4 is 0 Å². The number of ketones is 1. The van der Waals surface area contributed by atoms with Crippen molar-refractivity contribution in [3.05, 3.63) is 11.6 Å². The number of allylic oxidation sites excluding steroid dienone is 2. The number of Topliss-reactive ketones (excluding diaryl/α,β-unsaturated/α-hetero) is 1. The Hall–Kier alpha value is -0.590. The Labute approximate surface area is 135 Å². The van der Waals surface area contributed by atoms with E-state index in [1.807, 2.05) is 0 Å². The van der Waals surface area contributed by atoms with Gasteiger partial charge >= 0.3 is 0 Å². The second-order valence-electron chi connectivity index (χ2n) is 9.16. The maximum atomic E-state index is 12.9. The molecule has 4 aliphatic carbocycles. The Balaban J connectivity index is 1.71. The second kappa shape index (κ2) is 4.95. The van der Waals surface area contributed by atoms with Gasteiger partial charge < -0.3 is 0 Å². The molecule has 4 aliphatic rings. The molecule has 0 aromatic heterocycles. The van der Waals surface area contributed by atoms with Crippen molar-refractivity contribution in [1.29, 1.82) is 0 Å². The van der Waals surface area contributed by atoms with Crippen LogP contribution >= 0.6 is 0 Å². The first-order valence-electron chi connectivity index (χ1n) is 9.74. The van der Waals surface area contributed by atoms with Gasteiger partial charge in [-0.2, -0.15) is 0 Å². The van der Waals surface area contributed by atoms with E-state index in [2.05, 4.69) is 26.8 Å². The van der Waals surface area contributed by atoms with E-state index in [0.29, 0.717) is 17.1 Å². The molecule has 4 rings (SSSR count). The van der Waals surface area contributed by atoms with Gasteiger partial charge in [-0.05, 0) is 85.0 Å². The lowest BCUT2D eigenvalue weighted by atomic mass is 9.46. The Morgan fingerprint density at radius 1 is 1.14 bits per heavy atom. The van der Waals surface area contributed by atoms with Gasteiger partial charge in [-0.15, -0.1) is 0 Å². The van der Waals surface area contributed by atoms with Crippen molar-refractivity contribution in [1.82, 2.24) is 0 Å². The predicted molar refractivity (Wildman–Crippen MR) is 90.5 cm³/mol.